The fourth-order valence-corrected chi connectivity index (χ4v) is 3.51. The third-order valence-electron chi connectivity index (χ3n) is 4.02. The van der Waals surface area contributed by atoms with Crippen molar-refractivity contribution in [2.45, 2.75) is 26.9 Å². The van der Waals surface area contributed by atoms with Crippen molar-refractivity contribution in [2.24, 2.45) is 0 Å². The number of halogens is 1. The number of hydrogen-bond donors (Lipinski definition) is 1. The van der Waals surface area contributed by atoms with Gasteiger partial charge in [0.25, 0.3) is 5.56 Å². The Labute approximate surface area is 153 Å². The Kier molecular flexibility index (Phi) is 4.99. The zero-order valence-corrected chi connectivity index (χ0v) is 15.3. The Morgan fingerprint density at radius 3 is 2.69 bits per heavy atom. The third-order valence-corrected chi connectivity index (χ3v) is 5.12. The van der Waals surface area contributed by atoms with E-state index in [0.29, 0.717) is 21.6 Å². The molecule has 26 heavy (non-hydrogen) atoms. The Balaban J connectivity index is 1.76. The minimum absolute atomic E-state index is 0.239. The number of ether oxygens (including phenoxy) is 1. The van der Waals surface area contributed by atoms with Crippen LogP contribution in [0.5, 0.6) is 0 Å². The van der Waals surface area contributed by atoms with Gasteiger partial charge in [0.2, 0.25) is 0 Å². The van der Waals surface area contributed by atoms with Crippen LogP contribution in [-0.2, 0) is 9.53 Å². The second-order valence-electron chi connectivity index (χ2n) is 5.88. The van der Waals surface area contributed by atoms with Crippen molar-refractivity contribution in [2.75, 3.05) is 0 Å². The number of hydrogen-bond acceptors (Lipinski definition) is 5. The predicted molar refractivity (Wildman–Crippen MR) is 99.7 cm³/mol. The Hall–Kier alpha value is -2.80. The van der Waals surface area contributed by atoms with E-state index in [0.717, 1.165) is 10.4 Å². The number of carbonyl (C=O) groups excluding carboxylic acids is 1. The third kappa shape index (κ3) is 3.72. The van der Waals surface area contributed by atoms with Crippen molar-refractivity contribution in [3.05, 3.63) is 68.3 Å². The lowest BCUT2D eigenvalue weighted by molar-refractivity contribution is -0.142. The molecule has 1 aromatic carbocycles. The van der Waals surface area contributed by atoms with Crippen molar-refractivity contribution >= 4 is 33.6 Å². The molecule has 7 heteroatoms. The Morgan fingerprint density at radius 1 is 1.31 bits per heavy atom. The van der Waals surface area contributed by atoms with Crippen molar-refractivity contribution in [1.82, 2.24) is 9.97 Å². The quantitative estimate of drug-likeness (QED) is 0.554. The van der Waals surface area contributed by atoms with Gasteiger partial charge in [-0.15, -0.1) is 11.3 Å². The molecule has 0 bridgehead atoms. The largest absolute Gasteiger partial charge is 0.451 e. The first kappa shape index (κ1) is 18.0. The highest BCUT2D eigenvalue weighted by molar-refractivity contribution is 7.18. The molecule has 134 valence electrons. The van der Waals surface area contributed by atoms with E-state index >= 15 is 0 Å². The van der Waals surface area contributed by atoms with Crippen LogP contribution in [0.3, 0.4) is 0 Å². The lowest BCUT2D eigenvalue weighted by atomic mass is 10.2. The first-order valence-corrected chi connectivity index (χ1v) is 8.81. The molecule has 0 aliphatic rings. The monoisotopic (exact) mass is 372 g/mol. The molecule has 3 aromatic rings. The smallest absolute Gasteiger partial charge is 0.331 e. The summed E-state index contributed by atoms with van der Waals surface area (Å²) < 4.78 is 18.2. The average Bonchev–Trinajstić information content (AvgIpc) is 2.89. The van der Waals surface area contributed by atoms with Crippen LogP contribution < -0.4 is 5.56 Å². The van der Waals surface area contributed by atoms with E-state index in [4.69, 9.17) is 4.74 Å². The normalized spacial score (nSPS) is 12.6. The van der Waals surface area contributed by atoms with Gasteiger partial charge in [-0.25, -0.2) is 14.2 Å². The fourth-order valence-electron chi connectivity index (χ4n) is 2.47. The van der Waals surface area contributed by atoms with E-state index in [1.165, 1.54) is 35.6 Å². The van der Waals surface area contributed by atoms with Gasteiger partial charge in [-0.2, -0.15) is 0 Å². The number of nitrogens with zero attached hydrogens (tertiary/aromatic N) is 1. The van der Waals surface area contributed by atoms with Crippen LogP contribution in [0.1, 0.15) is 34.9 Å². The van der Waals surface area contributed by atoms with Gasteiger partial charge in [-0.1, -0.05) is 12.1 Å². The van der Waals surface area contributed by atoms with E-state index in [9.17, 15) is 14.0 Å². The summed E-state index contributed by atoms with van der Waals surface area (Å²) in [7, 11) is 0. The van der Waals surface area contributed by atoms with Crippen LogP contribution >= 0.6 is 11.3 Å². The molecule has 0 unspecified atom stereocenters. The van der Waals surface area contributed by atoms with Crippen LogP contribution in [0.25, 0.3) is 16.3 Å². The number of fused-ring (bicyclic) bond motifs is 1. The molecule has 0 saturated carbocycles. The maximum absolute atomic E-state index is 12.9. The summed E-state index contributed by atoms with van der Waals surface area (Å²) in [5.74, 6) is -0.627. The maximum atomic E-state index is 12.9. The highest BCUT2D eigenvalue weighted by atomic mass is 32.1. The highest BCUT2D eigenvalue weighted by Gasteiger charge is 2.17. The van der Waals surface area contributed by atoms with Gasteiger partial charge in [-0.05, 0) is 50.1 Å². The molecule has 0 radical (unpaired) electrons. The lowest BCUT2D eigenvalue weighted by Gasteiger charge is -2.11. The number of thiophene rings is 1. The first-order valence-electron chi connectivity index (χ1n) is 7.99. The van der Waals surface area contributed by atoms with E-state index in [2.05, 4.69) is 9.97 Å². The maximum Gasteiger partial charge on any atom is 0.331 e. The second kappa shape index (κ2) is 7.21. The summed E-state index contributed by atoms with van der Waals surface area (Å²) in [6, 6.07) is 5.72. The van der Waals surface area contributed by atoms with Gasteiger partial charge in [0.1, 0.15) is 10.6 Å². The lowest BCUT2D eigenvalue weighted by Crippen LogP contribution is -2.16. The molecule has 2 aromatic heterocycles. The molecule has 0 amide bonds. The van der Waals surface area contributed by atoms with Crippen LogP contribution in [0, 0.1) is 19.7 Å². The van der Waals surface area contributed by atoms with E-state index in [1.807, 2.05) is 13.8 Å². The molecule has 2 heterocycles. The summed E-state index contributed by atoms with van der Waals surface area (Å²) >= 11 is 1.44. The minimum atomic E-state index is -0.708. The van der Waals surface area contributed by atoms with Crippen LogP contribution in [-0.4, -0.2) is 15.9 Å². The number of aromatic nitrogens is 2. The molecular formula is C19H17FN2O3S. The summed E-state index contributed by atoms with van der Waals surface area (Å²) in [6.07, 6.45) is 2.07. The minimum Gasteiger partial charge on any atom is -0.451 e. The Bertz CT molecular complexity index is 1050. The van der Waals surface area contributed by atoms with Crippen molar-refractivity contribution in [3.63, 3.8) is 0 Å². The van der Waals surface area contributed by atoms with Gasteiger partial charge in [0.05, 0.1) is 5.39 Å². The van der Waals surface area contributed by atoms with Gasteiger partial charge in [-0.3, -0.25) is 4.79 Å². The van der Waals surface area contributed by atoms with Crippen LogP contribution in [0.2, 0.25) is 0 Å². The molecular weight excluding hydrogens is 355 g/mol. The van der Waals surface area contributed by atoms with Crippen LogP contribution in [0.4, 0.5) is 4.39 Å². The van der Waals surface area contributed by atoms with Crippen molar-refractivity contribution in [3.8, 4) is 0 Å². The SMILES string of the molecule is Cc1sc2nc([C@@H](C)OC(=O)/C=C/c3ccc(F)cc3)[nH]c(=O)c2c1C. The molecule has 0 fully saturated rings. The summed E-state index contributed by atoms with van der Waals surface area (Å²) in [4.78, 5) is 33.0. The number of aromatic amines is 1. The summed E-state index contributed by atoms with van der Waals surface area (Å²) in [6.45, 7) is 5.46. The zero-order chi connectivity index (χ0) is 18.8. The molecule has 0 aliphatic carbocycles. The topological polar surface area (TPSA) is 72.0 Å². The number of aryl methyl sites for hydroxylation is 2. The summed E-state index contributed by atoms with van der Waals surface area (Å²) in [5, 5.41) is 0.575. The van der Waals surface area contributed by atoms with E-state index in [-0.39, 0.29) is 11.4 Å². The van der Waals surface area contributed by atoms with E-state index in [1.54, 1.807) is 19.1 Å². The van der Waals surface area contributed by atoms with E-state index < -0.39 is 12.1 Å². The van der Waals surface area contributed by atoms with Crippen LogP contribution in [0.15, 0.2) is 35.1 Å². The molecule has 0 spiro atoms. The van der Waals surface area contributed by atoms with Gasteiger partial charge < -0.3 is 9.72 Å². The number of benzene rings is 1. The number of H-pyrrole nitrogens is 1. The number of rotatable bonds is 4. The average molecular weight is 372 g/mol. The molecule has 0 saturated heterocycles. The zero-order valence-electron chi connectivity index (χ0n) is 14.5. The number of nitrogens with one attached hydrogen (secondary N) is 1. The molecule has 1 atom stereocenters. The van der Waals surface area contributed by atoms with Gasteiger partial charge in [0.15, 0.2) is 11.9 Å². The molecule has 0 aliphatic heterocycles. The fraction of sp³-hybridized carbons (Fsp3) is 0.211. The number of carbonyl (C=O) groups is 1. The highest BCUT2D eigenvalue weighted by Crippen LogP contribution is 2.26. The van der Waals surface area contributed by atoms with Gasteiger partial charge >= 0.3 is 5.97 Å². The Morgan fingerprint density at radius 2 is 2.00 bits per heavy atom. The van der Waals surface area contributed by atoms with Crippen molar-refractivity contribution < 1.29 is 13.9 Å². The molecule has 1 N–H and O–H groups in total. The second-order valence-corrected chi connectivity index (χ2v) is 7.08. The standard InChI is InChI=1S/C19H17FN2O3S/c1-10-12(3)26-19-16(10)18(24)21-17(22-19)11(2)25-15(23)9-6-13-4-7-14(20)8-5-13/h4-9,11H,1-3H3,(H,21,22,24)/b9-6+/t11-/m1/s1. The first-order chi connectivity index (χ1) is 12.3. The van der Waals surface area contributed by atoms with Gasteiger partial charge in [0, 0.05) is 11.0 Å². The number of esters is 1. The van der Waals surface area contributed by atoms with Crippen molar-refractivity contribution in [1.29, 1.82) is 0 Å². The summed E-state index contributed by atoms with van der Waals surface area (Å²) in [5.41, 5.74) is 1.35. The predicted octanol–water partition coefficient (Wildman–Crippen LogP) is 4.06. The molecule has 5 nitrogen and oxygen atoms in total. The molecule has 3 rings (SSSR count).